The number of nitro benzene ring substituents is 1. The molecule has 1 atom stereocenters. The minimum Gasteiger partial charge on any atom is -0.349 e. The van der Waals surface area contributed by atoms with Gasteiger partial charge in [-0.25, -0.2) is 0 Å². The third kappa shape index (κ3) is 3.46. The van der Waals surface area contributed by atoms with E-state index in [2.05, 4.69) is 5.32 Å². The highest BCUT2D eigenvalue weighted by Crippen LogP contribution is 2.39. The van der Waals surface area contributed by atoms with Crippen molar-refractivity contribution in [2.45, 2.75) is 37.6 Å². The first-order valence-corrected chi connectivity index (χ1v) is 7.91. The van der Waals surface area contributed by atoms with Gasteiger partial charge in [-0.3, -0.25) is 14.9 Å². The zero-order chi connectivity index (χ0) is 16.4. The van der Waals surface area contributed by atoms with E-state index in [0.29, 0.717) is 13.2 Å². The fourth-order valence-electron chi connectivity index (χ4n) is 3.00. The van der Waals surface area contributed by atoms with Crippen molar-refractivity contribution in [2.75, 3.05) is 13.2 Å². The van der Waals surface area contributed by atoms with Gasteiger partial charge in [-0.2, -0.15) is 0 Å². The normalized spacial score (nSPS) is 22.4. The van der Waals surface area contributed by atoms with Gasteiger partial charge in [0.05, 0.1) is 11.5 Å². The van der Waals surface area contributed by atoms with Crippen LogP contribution in [0.2, 0.25) is 5.02 Å². The summed E-state index contributed by atoms with van der Waals surface area (Å²) in [5, 5.41) is 13.6. The molecule has 1 amide bonds. The van der Waals surface area contributed by atoms with E-state index in [0.717, 1.165) is 25.7 Å². The topological polar surface area (TPSA) is 90.7 Å². The lowest BCUT2D eigenvalue weighted by atomic mass is 10.2. The van der Waals surface area contributed by atoms with Crippen molar-refractivity contribution < 1.29 is 19.2 Å². The van der Waals surface area contributed by atoms with Crippen molar-refractivity contribution in [1.29, 1.82) is 0 Å². The average Bonchev–Trinajstić information content (AvgIpc) is 3.15. The molecule has 23 heavy (non-hydrogen) atoms. The minimum absolute atomic E-state index is 0.00208. The maximum Gasteiger partial charge on any atom is 0.288 e. The Balaban J connectivity index is 1.58. The number of carbonyl (C=O) groups is 1. The largest absolute Gasteiger partial charge is 0.349 e. The van der Waals surface area contributed by atoms with Crippen LogP contribution in [0.1, 0.15) is 36.0 Å². The molecule has 1 saturated heterocycles. The standard InChI is InChI=1S/C15H17ClN2O5/c16-12-4-3-10(7-13(12)18(20)21)14(19)17-8-11-9-22-15(23-11)5-1-2-6-15/h3-4,7,11H,1-2,5-6,8-9H2,(H,17,19)/t11-/m0/s1. The van der Waals surface area contributed by atoms with Crippen LogP contribution in [-0.2, 0) is 9.47 Å². The second-order valence-corrected chi connectivity index (χ2v) is 6.21. The summed E-state index contributed by atoms with van der Waals surface area (Å²) in [6, 6.07) is 3.97. The van der Waals surface area contributed by atoms with E-state index in [-0.39, 0.29) is 22.4 Å². The number of nitro groups is 1. The van der Waals surface area contributed by atoms with Crippen LogP contribution < -0.4 is 5.32 Å². The minimum atomic E-state index is -0.614. The molecule has 3 rings (SSSR count). The molecule has 1 aromatic rings. The van der Waals surface area contributed by atoms with E-state index < -0.39 is 16.6 Å². The molecule has 1 aliphatic heterocycles. The SMILES string of the molecule is O=C(NC[C@H]1COC2(CCCC2)O1)c1ccc(Cl)c([N+](=O)[O-])c1. The lowest BCUT2D eigenvalue weighted by Crippen LogP contribution is -2.35. The first-order valence-electron chi connectivity index (χ1n) is 7.53. The maximum atomic E-state index is 12.1. The first-order chi connectivity index (χ1) is 11.0. The van der Waals surface area contributed by atoms with E-state index in [1.807, 2.05) is 0 Å². The smallest absolute Gasteiger partial charge is 0.288 e. The quantitative estimate of drug-likeness (QED) is 0.672. The third-order valence-electron chi connectivity index (χ3n) is 4.17. The summed E-state index contributed by atoms with van der Waals surface area (Å²) < 4.78 is 11.6. The Morgan fingerprint density at radius 3 is 2.87 bits per heavy atom. The van der Waals surface area contributed by atoms with E-state index in [9.17, 15) is 14.9 Å². The van der Waals surface area contributed by atoms with E-state index in [4.69, 9.17) is 21.1 Å². The first kappa shape index (κ1) is 16.2. The third-order valence-corrected chi connectivity index (χ3v) is 4.49. The number of ether oxygens (including phenoxy) is 2. The Bertz CT molecular complexity index is 630. The van der Waals surface area contributed by atoms with E-state index >= 15 is 0 Å². The Kier molecular flexibility index (Phi) is 4.52. The van der Waals surface area contributed by atoms with Crippen LogP contribution in [0.3, 0.4) is 0 Å². The molecule has 1 spiro atoms. The molecule has 124 valence electrons. The molecule has 1 aliphatic carbocycles. The van der Waals surface area contributed by atoms with Gasteiger partial charge in [0.25, 0.3) is 11.6 Å². The van der Waals surface area contributed by atoms with Gasteiger partial charge in [0.2, 0.25) is 0 Å². The molecular formula is C15H17ClN2O5. The van der Waals surface area contributed by atoms with Gasteiger partial charge in [0, 0.05) is 31.0 Å². The monoisotopic (exact) mass is 340 g/mol. The molecule has 7 nitrogen and oxygen atoms in total. The van der Waals surface area contributed by atoms with Gasteiger partial charge in [0.15, 0.2) is 5.79 Å². The molecule has 0 aromatic heterocycles. The van der Waals surface area contributed by atoms with Crippen LogP contribution in [-0.4, -0.2) is 35.9 Å². The van der Waals surface area contributed by atoms with Gasteiger partial charge in [0.1, 0.15) is 11.1 Å². The fraction of sp³-hybridized carbons (Fsp3) is 0.533. The van der Waals surface area contributed by atoms with Crippen molar-refractivity contribution in [3.63, 3.8) is 0 Å². The lowest BCUT2D eigenvalue weighted by Gasteiger charge is -2.21. The van der Waals surface area contributed by atoms with Crippen LogP contribution in [0, 0.1) is 10.1 Å². The number of halogens is 1. The van der Waals surface area contributed by atoms with Gasteiger partial charge in [-0.1, -0.05) is 11.6 Å². The summed E-state index contributed by atoms with van der Waals surface area (Å²) in [5.74, 6) is -0.866. The highest BCUT2D eigenvalue weighted by molar-refractivity contribution is 6.32. The van der Waals surface area contributed by atoms with Gasteiger partial charge >= 0.3 is 0 Å². The van der Waals surface area contributed by atoms with E-state index in [1.54, 1.807) is 0 Å². The van der Waals surface area contributed by atoms with Crippen molar-refractivity contribution >= 4 is 23.2 Å². The Hall–Kier alpha value is -1.70. The van der Waals surface area contributed by atoms with Crippen LogP contribution in [0.25, 0.3) is 0 Å². The predicted molar refractivity (Wildman–Crippen MR) is 82.5 cm³/mol. The van der Waals surface area contributed by atoms with E-state index in [1.165, 1.54) is 18.2 Å². The Morgan fingerprint density at radius 1 is 1.43 bits per heavy atom. The Labute approximate surface area is 138 Å². The summed E-state index contributed by atoms with van der Waals surface area (Å²) in [6.45, 7) is 0.748. The van der Waals surface area contributed by atoms with Crippen LogP contribution in [0.5, 0.6) is 0 Å². The molecule has 0 unspecified atom stereocenters. The van der Waals surface area contributed by atoms with Gasteiger partial charge in [-0.05, 0) is 25.0 Å². The maximum absolute atomic E-state index is 12.1. The van der Waals surface area contributed by atoms with Crippen LogP contribution in [0.4, 0.5) is 5.69 Å². The number of benzene rings is 1. The highest BCUT2D eigenvalue weighted by atomic mass is 35.5. The number of nitrogens with one attached hydrogen (secondary N) is 1. The summed E-state index contributed by atoms with van der Waals surface area (Å²) in [4.78, 5) is 22.4. The van der Waals surface area contributed by atoms with Crippen molar-refractivity contribution in [1.82, 2.24) is 5.32 Å². The Morgan fingerprint density at radius 2 is 2.17 bits per heavy atom. The van der Waals surface area contributed by atoms with Crippen molar-refractivity contribution in [3.05, 3.63) is 38.9 Å². The number of amides is 1. The van der Waals surface area contributed by atoms with Gasteiger partial charge in [-0.15, -0.1) is 0 Å². The summed E-state index contributed by atoms with van der Waals surface area (Å²) in [7, 11) is 0. The van der Waals surface area contributed by atoms with Crippen LogP contribution >= 0.6 is 11.6 Å². The number of rotatable bonds is 4. The molecule has 0 radical (unpaired) electrons. The lowest BCUT2D eigenvalue weighted by molar-refractivity contribution is -0.384. The molecule has 8 heteroatoms. The second-order valence-electron chi connectivity index (χ2n) is 5.80. The summed E-state index contributed by atoms with van der Waals surface area (Å²) >= 11 is 5.74. The average molecular weight is 341 g/mol. The predicted octanol–water partition coefficient (Wildman–Crippen LogP) is 2.66. The zero-order valence-electron chi connectivity index (χ0n) is 12.4. The number of hydrogen-bond acceptors (Lipinski definition) is 5. The number of carbonyl (C=O) groups excluding carboxylic acids is 1. The molecule has 1 N–H and O–H groups in total. The molecule has 2 aliphatic rings. The number of nitrogens with zero attached hydrogens (tertiary/aromatic N) is 1. The van der Waals surface area contributed by atoms with Crippen LogP contribution in [0.15, 0.2) is 18.2 Å². The highest BCUT2D eigenvalue weighted by Gasteiger charge is 2.43. The fourth-order valence-corrected chi connectivity index (χ4v) is 3.18. The van der Waals surface area contributed by atoms with Crippen molar-refractivity contribution in [2.24, 2.45) is 0 Å². The zero-order valence-corrected chi connectivity index (χ0v) is 13.2. The molecular weight excluding hydrogens is 324 g/mol. The summed E-state index contributed by atoms with van der Waals surface area (Å²) in [5.41, 5.74) is -0.0970. The van der Waals surface area contributed by atoms with Crippen molar-refractivity contribution in [3.8, 4) is 0 Å². The molecule has 1 aromatic carbocycles. The van der Waals surface area contributed by atoms with Gasteiger partial charge < -0.3 is 14.8 Å². The molecule has 1 saturated carbocycles. The summed E-state index contributed by atoms with van der Waals surface area (Å²) in [6.07, 6.45) is 3.77. The molecule has 0 bridgehead atoms. The molecule has 1 heterocycles. The second kappa shape index (κ2) is 6.43. The number of hydrogen-bond donors (Lipinski definition) is 1. The molecule has 2 fully saturated rings.